The minimum absolute atomic E-state index is 0.275. The van der Waals surface area contributed by atoms with Gasteiger partial charge in [0.15, 0.2) is 5.13 Å². The molecule has 112 valence electrons. The number of nitrogens with zero attached hydrogens (tertiary/aromatic N) is 2. The number of thiazole rings is 1. The molecule has 0 aromatic carbocycles. The Morgan fingerprint density at radius 3 is 2.50 bits per heavy atom. The summed E-state index contributed by atoms with van der Waals surface area (Å²) in [5, 5.41) is 11.4. The third-order valence-corrected chi connectivity index (χ3v) is 3.98. The van der Waals surface area contributed by atoms with Crippen LogP contribution in [0.25, 0.3) is 0 Å². The summed E-state index contributed by atoms with van der Waals surface area (Å²) >= 11 is 1.42. The van der Waals surface area contributed by atoms with Gasteiger partial charge in [0, 0.05) is 18.5 Å². The van der Waals surface area contributed by atoms with Crippen LogP contribution in [0.2, 0.25) is 0 Å². The van der Waals surface area contributed by atoms with E-state index in [4.69, 9.17) is 15.6 Å². The van der Waals surface area contributed by atoms with Crippen LogP contribution in [0.3, 0.4) is 0 Å². The number of anilines is 1. The molecule has 0 aliphatic carbocycles. The average Bonchev–Trinajstić information content (AvgIpc) is 2.72. The fraction of sp³-hybridized carbons (Fsp3) is 0.692. The Morgan fingerprint density at radius 1 is 1.45 bits per heavy atom. The highest BCUT2D eigenvalue weighted by atomic mass is 32.1. The molecule has 1 atom stereocenters. The number of nitrogens with two attached hydrogens (primary N) is 1. The Labute approximate surface area is 122 Å². The molecule has 0 amide bonds. The first-order valence-corrected chi connectivity index (χ1v) is 7.37. The molecular weight excluding hydrogens is 278 g/mol. The highest BCUT2D eigenvalue weighted by Gasteiger charge is 2.39. The predicted molar refractivity (Wildman–Crippen MR) is 78.1 cm³/mol. The quantitative estimate of drug-likeness (QED) is 0.881. The normalized spacial score (nSPS) is 22.6. The molecular formula is C13H21N3O3S. The number of aromatic nitrogens is 1. The van der Waals surface area contributed by atoms with Crippen molar-refractivity contribution in [2.75, 3.05) is 18.0 Å². The number of aliphatic carboxylic acids is 1. The molecule has 7 heteroatoms. The summed E-state index contributed by atoms with van der Waals surface area (Å²) in [6, 6.07) is -1.07. The van der Waals surface area contributed by atoms with Gasteiger partial charge in [0.25, 0.3) is 0 Å². The van der Waals surface area contributed by atoms with Gasteiger partial charge in [0.2, 0.25) is 0 Å². The Kier molecular flexibility index (Phi) is 3.79. The smallest absolute Gasteiger partial charge is 0.326 e. The van der Waals surface area contributed by atoms with Gasteiger partial charge in [-0.15, -0.1) is 11.3 Å². The lowest BCUT2D eigenvalue weighted by atomic mass is 9.99. The lowest BCUT2D eigenvalue weighted by molar-refractivity contribution is -0.138. The van der Waals surface area contributed by atoms with Crippen molar-refractivity contribution >= 4 is 22.4 Å². The summed E-state index contributed by atoms with van der Waals surface area (Å²) in [5.41, 5.74) is 5.44. The van der Waals surface area contributed by atoms with E-state index in [0.29, 0.717) is 18.8 Å². The Balaban J connectivity index is 2.21. The third kappa shape index (κ3) is 3.28. The summed E-state index contributed by atoms with van der Waals surface area (Å²) < 4.78 is 6.02. The van der Waals surface area contributed by atoms with Crippen LogP contribution in [0, 0.1) is 0 Å². The number of morpholine rings is 1. The van der Waals surface area contributed by atoms with Gasteiger partial charge < -0.3 is 20.5 Å². The maximum atomic E-state index is 10.9. The van der Waals surface area contributed by atoms with Gasteiger partial charge in [0.1, 0.15) is 6.04 Å². The minimum Gasteiger partial charge on any atom is -0.480 e. The van der Waals surface area contributed by atoms with Gasteiger partial charge >= 0.3 is 5.97 Å². The number of ether oxygens (including phenoxy) is 1. The summed E-state index contributed by atoms with van der Waals surface area (Å²) in [5.74, 6) is -1.07. The molecule has 0 radical (unpaired) electrons. The average molecular weight is 299 g/mol. The van der Waals surface area contributed by atoms with Crippen LogP contribution in [0.1, 0.15) is 39.4 Å². The molecule has 3 N–H and O–H groups in total. The van der Waals surface area contributed by atoms with E-state index >= 15 is 0 Å². The molecule has 1 aliphatic rings. The molecule has 2 heterocycles. The Morgan fingerprint density at radius 2 is 2.00 bits per heavy atom. The monoisotopic (exact) mass is 299 g/mol. The predicted octanol–water partition coefficient (Wildman–Crippen LogP) is 1.62. The third-order valence-electron chi connectivity index (χ3n) is 3.06. The van der Waals surface area contributed by atoms with Crippen molar-refractivity contribution in [2.24, 2.45) is 5.73 Å². The van der Waals surface area contributed by atoms with Crippen LogP contribution in [0.4, 0.5) is 5.13 Å². The molecule has 1 aromatic heterocycles. The van der Waals surface area contributed by atoms with Gasteiger partial charge in [-0.05, 0) is 27.7 Å². The Hall–Kier alpha value is -1.18. The molecule has 1 aliphatic heterocycles. The number of carbonyl (C=O) groups is 1. The van der Waals surface area contributed by atoms with E-state index in [1.807, 2.05) is 27.7 Å². The van der Waals surface area contributed by atoms with Crippen molar-refractivity contribution in [3.8, 4) is 0 Å². The summed E-state index contributed by atoms with van der Waals surface area (Å²) in [7, 11) is 0. The molecule has 0 saturated carbocycles. The van der Waals surface area contributed by atoms with E-state index in [1.165, 1.54) is 11.3 Å². The molecule has 1 aromatic rings. The van der Waals surface area contributed by atoms with Crippen LogP contribution in [-0.2, 0) is 9.53 Å². The molecule has 1 unspecified atom stereocenters. The van der Waals surface area contributed by atoms with Crippen molar-refractivity contribution in [3.63, 3.8) is 0 Å². The van der Waals surface area contributed by atoms with Crippen LogP contribution >= 0.6 is 11.3 Å². The van der Waals surface area contributed by atoms with E-state index in [1.54, 1.807) is 5.38 Å². The lowest BCUT2D eigenvalue weighted by Crippen LogP contribution is -2.57. The van der Waals surface area contributed by atoms with Crippen LogP contribution in [-0.4, -0.2) is 40.4 Å². The molecule has 20 heavy (non-hydrogen) atoms. The first kappa shape index (κ1) is 15.2. The van der Waals surface area contributed by atoms with Gasteiger partial charge in [-0.25, -0.2) is 4.98 Å². The summed E-state index contributed by atoms with van der Waals surface area (Å²) in [6.45, 7) is 9.59. The standard InChI is InChI=1S/C13H21N3O3S/c1-12(2)6-16(7-13(3,4)19-12)11-15-8(5-20-11)9(14)10(17)18/h5,9H,6-7,14H2,1-4H3,(H,17,18). The van der Waals surface area contributed by atoms with E-state index in [9.17, 15) is 4.79 Å². The second-order valence-corrected chi connectivity index (χ2v) is 7.18. The maximum absolute atomic E-state index is 10.9. The van der Waals surface area contributed by atoms with Gasteiger partial charge in [-0.2, -0.15) is 0 Å². The molecule has 1 saturated heterocycles. The molecule has 0 bridgehead atoms. The first-order valence-electron chi connectivity index (χ1n) is 6.49. The second-order valence-electron chi connectivity index (χ2n) is 6.35. The number of hydrogen-bond acceptors (Lipinski definition) is 6. The van der Waals surface area contributed by atoms with Crippen LogP contribution in [0.15, 0.2) is 5.38 Å². The minimum atomic E-state index is -1.07. The molecule has 2 rings (SSSR count). The molecule has 1 fully saturated rings. The highest BCUT2D eigenvalue weighted by Crippen LogP contribution is 2.33. The van der Waals surface area contributed by atoms with E-state index in [0.717, 1.165) is 5.13 Å². The fourth-order valence-electron chi connectivity index (χ4n) is 2.61. The zero-order chi connectivity index (χ0) is 15.1. The first-order chi connectivity index (χ1) is 9.10. The largest absolute Gasteiger partial charge is 0.480 e. The van der Waals surface area contributed by atoms with Crippen LogP contribution in [0.5, 0.6) is 0 Å². The van der Waals surface area contributed by atoms with E-state index < -0.39 is 12.0 Å². The van der Waals surface area contributed by atoms with Gasteiger partial charge in [0.05, 0.1) is 16.9 Å². The topological polar surface area (TPSA) is 88.7 Å². The second kappa shape index (κ2) is 4.98. The van der Waals surface area contributed by atoms with Crippen molar-refractivity contribution in [3.05, 3.63) is 11.1 Å². The number of hydrogen-bond donors (Lipinski definition) is 2. The zero-order valence-corrected chi connectivity index (χ0v) is 13.0. The van der Waals surface area contributed by atoms with Gasteiger partial charge in [-0.1, -0.05) is 0 Å². The number of carboxylic acids is 1. The van der Waals surface area contributed by atoms with Crippen molar-refractivity contribution < 1.29 is 14.6 Å². The number of rotatable bonds is 3. The highest BCUT2D eigenvalue weighted by molar-refractivity contribution is 7.13. The van der Waals surface area contributed by atoms with Crippen molar-refractivity contribution in [1.29, 1.82) is 0 Å². The maximum Gasteiger partial charge on any atom is 0.326 e. The zero-order valence-electron chi connectivity index (χ0n) is 12.2. The van der Waals surface area contributed by atoms with Gasteiger partial charge in [-0.3, -0.25) is 4.79 Å². The fourth-order valence-corrected chi connectivity index (χ4v) is 3.48. The van der Waals surface area contributed by atoms with E-state index in [2.05, 4.69) is 9.88 Å². The Bertz CT molecular complexity index is 497. The summed E-state index contributed by atoms with van der Waals surface area (Å²) in [4.78, 5) is 17.4. The van der Waals surface area contributed by atoms with Crippen LogP contribution < -0.4 is 10.6 Å². The molecule has 6 nitrogen and oxygen atoms in total. The van der Waals surface area contributed by atoms with Crippen molar-refractivity contribution in [1.82, 2.24) is 4.98 Å². The summed E-state index contributed by atoms with van der Waals surface area (Å²) in [6.07, 6.45) is 0. The van der Waals surface area contributed by atoms with Crippen molar-refractivity contribution in [2.45, 2.75) is 44.9 Å². The number of carboxylic acid groups (broad SMARTS) is 1. The van der Waals surface area contributed by atoms with E-state index in [-0.39, 0.29) is 11.2 Å². The SMILES string of the molecule is CC1(C)CN(c2nc(C(N)C(=O)O)cs2)CC(C)(C)O1. The molecule has 0 spiro atoms. The lowest BCUT2D eigenvalue weighted by Gasteiger charge is -2.47.